The van der Waals surface area contributed by atoms with Gasteiger partial charge in [-0.3, -0.25) is 9.79 Å². The molecule has 2 N–H and O–H groups in total. The minimum atomic E-state index is 0.0165. The van der Waals surface area contributed by atoms with Gasteiger partial charge in [-0.25, -0.2) is 9.97 Å². The van der Waals surface area contributed by atoms with Gasteiger partial charge in [-0.15, -0.1) is 0 Å². The summed E-state index contributed by atoms with van der Waals surface area (Å²) in [7, 11) is 1.71. The van der Waals surface area contributed by atoms with E-state index in [1.807, 2.05) is 4.90 Å². The van der Waals surface area contributed by atoms with Gasteiger partial charge < -0.3 is 15.5 Å². The number of amides is 1. The summed E-state index contributed by atoms with van der Waals surface area (Å²) in [6.45, 7) is 7.82. The van der Waals surface area contributed by atoms with Crippen LogP contribution < -0.4 is 15.5 Å². The van der Waals surface area contributed by atoms with Gasteiger partial charge in [0.2, 0.25) is 5.91 Å². The third-order valence-corrected chi connectivity index (χ3v) is 6.33. The first-order valence-corrected chi connectivity index (χ1v) is 10.8. The minimum absolute atomic E-state index is 0.0165. The number of benzene rings is 1. The molecule has 4 rings (SSSR count). The van der Waals surface area contributed by atoms with Gasteiger partial charge in [0.1, 0.15) is 5.82 Å². The number of hydrogen-bond donors (Lipinski definition) is 2. The van der Waals surface area contributed by atoms with Gasteiger partial charge >= 0.3 is 0 Å². The Morgan fingerprint density at radius 1 is 1.29 bits per heavy atom. The second kappa shape index (κ2) is 8.98. The van der Waals surface area contributed by atoms with Crippen molar-refractivity contribution >= 4 is 29.2 Å². The molecule has 0 bridgehead atoms. The zero-order chi connectivity index (χ0) is 22.0. The van der Waals surface area contributed by atoms with E-state index in [-0.39, 0.29) is 23.9 Å². The minimum Gasteiger partial charge on any atom is -0.362 e. The second-order valence-corrected chi connectivity index (χ2v) is 8.28. The average molecular weight is 419 g/mol. The number of anilines is 2. The zero-order valence-electron chi connectivity index (χ0n) is 18.6. The van der Waals surface area contributed by atoms with Crippen LogP contribution in [0.2, 0.25) is 0 Å². The van der Waals surface area contributed by atoms with Gasteiger partial charge in [-0.2, -0.15) is 0 Å². The lowest BCUT2D eigenvalue weighted by Gasteiger charge is -2.44. The summed E-state index contributed by atoms with van der Waals surface area (Å²) >= 11 is 0. The van der Waals surface area contributed by atoms with Gasteiger partial charge in [-0.1, -0.05) is 19.1 Å². The monoisotopic (exact) mass is 418 g/mol. The van der Waals surface area contributed by atoms with Crippen molar-refractivity contribution in [2.75, 3.05) is 30.4 Å². The van der Waals surface area contributed by atoms with Crippen molar-refractivity contribution in [2.24, 2.45) is 10.9 Å². The van der Waals surface area contributed by atoms with Crippen LogP contribution in [0.1, 0.15) is 50.1 Å². The molecule has 0 spiro atoms. The van der Waals surface area contributed by atoms with Crippen LogP contribution >= 0.6 is 0 Å². The first-order chi connectivity index (χ1) is 15.0. The highest BCUT2D eigenvalue weighted by Gasteiger charge is 2.38. The molecule has 7 nitrogen and oxygen atoms in total. The highest BCUT2D eigenvalue weighted by molar-refractivity contribution is 5.94. The quantitative estimate of drug-likeness (QED) is 0.743. The number of carbonyl (C=O) groups is 1. The van der Waals surface area contributed by atoms with E-state index in [1.165, 1.54) is 11.1 Å². The molecule has 3 heterocycles. The SMILES string of the molecule is CN=Cc1cnc(NC2c3cc(C4=CCNCC4)ccc3N(C(C)=O)[C@@H](C)[C@@H]2C)cn1. The maximum Gasteiger partial charge on any atom is 0.224 e. The summed E-state index contributed by atoms with van der Waals surface area (Å²) in [5.41, 5.74) is 5.39. The van der Waals surface area contributed by atoms with Gasteiger partial charge in [-0.05, 0) is 48.7 Å². The van der Waals surface area contributed by atoms with E-state index in [0.29, 0.717) is 5.82 Å². The molecule has 1 unspecified atom stereocenters. The Morgan fingerprint density at radius 2 is 2.13 bits per heavy atom. The molecular weight excluding hydrogens is 388 g/mol. The molecule has 2 aromatic rings. The van der Waals surface area contributed by atoms with Crippen LogP contribution in [0.15, 0.2) is 41.7 Å². The van der Waals surface area contributed by atoms with E-state index < -0.39 is 0 Å². The Balaban J connectivity index is 1.74. The molecule has 1 aromatic heterocycles. The van der Waals surface area contributed by atoms with Gasteiger partial charge in [0.15, 0.2) is 0 Å². The van der Waals surface area contributed by atoms with Crippen molar-refractivity contribution in [1.82, 2.24) is 15.3 Å². The summed E-state index contributed by atoms with van der Waals surface area (Å²) in [5.74, 6) is 0.967. The Hall–Kier alpha value is -3.06. The van der Waals surface area contributed by atoms with Crippen LogP contribution in [0.3, 0.4) is 0 Å². The number of hydrogen-bond acceptors (Lipinski definition) is 6. The fourth-order valence-corrected chi connectivity index (χ4v) is 4.56. The van der Waals surface area contributed by atoms with E-state index >= 15 is 0 Å². The smallest absolute Gasteiger partial charge is 0.224 e. The summed E-state index contributed by atoms with van der Waals surface area (Å²) in [4.78, 5) is 27.4. The molecule has 0 aliphatic carbocycles. The summed E-state index contributed by atoms with van der Waals surface area (Å²) < 4.78 is 0. The fraction of sp³-hybridized carbons (Fsp3) is 0.417. The molecule has 2 aliphatic heterocycles. The molecule has 0 saturated heterocycles. The molecule has 31 heavy (non-hydrogen) atoms. The van der Waals surface area contributed by atoms with Gasteiger partial charge in [0.05, 0.1) is 24.1 Å². The van der Waals surface area contributed by atoms with Crippen molar-refractivity contribution in [3.63, 3.8) is 0 Å². The Bertz CT molecular complexity index is 1010. The maximum absolute atomic E-state index is 12.5. The lowest BCUT2D eigenvalue weighted by molar-refractivity contribution is -0.117. The first kappa shape index (κ1) is 21.2. The standard InChI is InChI=1S/C24H30N6O/c1-15-16(2)30(17(3)31)22-6-5-19(18-7-9-26-10-8-18)11-21(22)24(15)29-23-14-27-20(12-25-4)13-28-23/h5-7,11-16,24,26H,8-10H2,1-4H3,(H,28,29)/t15-,16-,24?/m0/s1. The molecule has 1 aromatic carbocycles. The highest BCUT2D eigenvalue weighted by atomic mass is 16.2. The number of rotatable bonds is 4. The predicted molar refractivity (Wildman–Crippen MR) is 126 cm³/mol. The number of carbonyl (C=O) groups excluding carboxylic acids is 1. The van der Waals surface area contributed by atoms with Crippen LogP contribution in [0.5, 0.6) is 0 Å². The van der Waals surface area contributed by atoms with Crippen molar-refractivity contribution in [3.05, 3.63) is 53.5 Å². The molecular formula is C24H30N6O. The predicted octanol–water partition coefficient (Wildman–Crippen LogP) is 3.45. The van der Waals surface area contributed by atoms with Crippen molar-refractivity contribution in [1.29, 1.82) is 0 Å². The Kier molecular flexibility index (Phi) is 6.13. The van der Waals surface area contributed by atoms with E-state index in [4.69, 9.17) is 0 Å². The average Bonchev–Trinajstić information content (AvgIpc) is 2.78. The van der Waals surface area contributed by atoms with Crippen LogP contribution in [0, 0.1) is 5.92 Å². The van der Waals surface area contributed by atoms with E-state index in [2.05, 4.69) is 63.7 Å². The summed E-state index contributed by atoms with van der Waals surface area (Å²) in [6, 6.07) is 6.56. The van der Waals surface area contributed by atoms with Gasteiger partial charge in [0, 0.05) is 44.4 Å². The maximum atomic E-state index is 12.5. The van der Waals surface area contributed by atoms with Crippen molar-refractivity contribution in [2.45, 2.75) is 39.3 Å². The molecule has 3 atom stereocenters. The van der Waals surface area contributed by atoms with Crippen molar-refractivity contribution < 1.29 is 4.79 Å². The first-order valence-electron chi connectivity index (χ1n) is 10.8. The molecule has 7 heteroatoms. The Labute approximate surface area is 183 Å². The molecule has 0 radical (unpaired) electrons. The number of aliphatic imine (C=N–C) groups is 1. The second-order valence-electron chi connectivity index (χ2n) is 8.28. The third kappa shape index (κ3) is 4.23. The summed E-state index contributed by atoms with van der Waals surface area (Å²) in [6.07, 6.45) is 8.40. The van der Waals surface area contributed by atoms with Crippen LogP contribution in [-0.4, -0.2) is 48.3 Å². The summed E-state index contributed by atoms with van der Waals surface area (Å²) in [5, 5.41) is 6.96. The Morgan fingerprint density at radius 3 is 2.77 bits per heavy atom. The van der Waals surface area contributed by atoms with Crippen molar-refractivity contribution in [3.8, 4) is 0 Å². The van der Waals surface area contributed by atoms with Gasteiger partial charge in [0.25, 0.3) is 0 Å². The van der Waals surface area contributed by atoms with E-state index in [0.717, 1.165) is 36.5 Å². The molecule has 2 aliphatic rings. The van der Waals surface area contributed by atoms with E-state index in [1.54, 1.807) is 32.6 Å². The van der Waals surface area contributed by atoms with Crippen LogP contribution in [0.4, 0.5) is 11.5 Å². The van der Waals surface area contributed by atoms with Crippen LogP contribution in [0.25, 0.3) is 5.57 Å². The normalized spacial score (nSPS) is 23.4. The number of aromatic nitrogens is 2. The zero-order valence-corrected chi connectivity index (χ0v) is 18.6. The molecule has 1 amide bonds. The fourth-order valence-electron chi connectivity index (χ4n) is 4.56. The number of fused-ring (bicyclic) bond motifs is 1. The lowest BCUT2D eigenvalue weighted by atomic mass is 9.81. The third-order valence-electron chi connectivity index (χ3n) is 6.33. The number of nitrogens with one attached hydrogen (secondary N) is 2. The van der Waals surface area contributed by atoms with E-state index in [9.17, 15) is 4.79 Å². The van der Waals surface area contributed by atoms with Crippen LogP contribution in [-0.2, 0) is 4.79 Å². The largest absolute Gasteiger partial charge is 0.362 e. The lowest BCUT2D eigenvalue weighted by Crippen LogP contribution is -2.48. The highest BCUT2D eigenvalue weighted by Crippen LogP contribution is 2.43. The molecule has 0 fully saturated rings. The number of nitrogens with zero attached hydrogens (tertiary/aromatic N) is 4. The molecule has 162 valence electrons. The molecule has 0 saturated carbocycles. The topological polar surface area (TPSA) is 82.5 Å².